The van der Waals surface area contributed by atoms with E-state index < -0.39 is 6.04 Å². The van der Waals surface area contributed by atoms with E-state index in [0.717, 1.165) is 31.4 Å². The standard InChI is InChI=1S/C16H24N2O/c1-3-14-6-4-5-11-18(14)16(19)15(17)13-9-7-12(2)8-10-13/h7-10,14-15H,3-6,11,17H2,1-2H3. The number of hydrogen-bond donors (Lipinski definition) is 1. The molecule has 1 aromatic rings. The van der Waals surface area contributed by atoms with Crippen LogP contribution in [0.3, 0.4) is 0 Å². The van der Waals surface area contributed by atoms with Crippen LogP contribution in [-0.4, -0.2) is 23.4 Å². The molecule has 19 heavy (non-hydrogen) atoms. The molecule has 2 N–H and O–H groups in total. The molecule has 3 heteroatoms. The summed E-state index contributed by atoms with van der Waals surface area (Å²) in [7, 11) is 0. The predicted octanol–water partition coefficient (Wildman–Crippen LogP) is 2.79. The zero-order chi connectivity index (χ0) is 13.8. The van der Waals surface area contributed by atoms with Crippen LogP contribution in [0.1, 0.15) is 49.8 Å². The van der Waals surface area contributed by atoms with Gasteiger partial charge in [0.25, 0.3) is 0 Å². The number of carbonyl (C=O) groups is 1. The first kappa shape index (κ1) is 14.1. The SMILES string of the molecule is CCC1CCCCN1C(=O)C(N)c1ccc(C)cc1. The highest BCUT2D eigenvalue weighted by atomic mass is 16.2. The average molecular weight is 260 g/mol. The number of carbonyl (C=O) groups excluding carboxylic acids is 1. The molecule has 1 heterocycles. The highest BCUT2D eigenvalue weighted by Gasteiger charge is 2.29. The number of amides is 1. The molecule has 0 aliphatic carbocycles. The minimum Gasteiger partial charge on any atom is -0.338 e. The normalized spacial score (nSPS) is 21.2. The first-order valence-corrected chi connectivity index (χ1v) is 7.26. The smallest absolute Gasteiger partial charge is 0.244 e. The Balaban J connectivity index is 2.11. The number of nitrogens with zero attached hydrogens (tertiary/aromatic N) is 1. The van der Waals surface area contributed by atoms with Crippen molar-refractivity contribution in [2.45, 2.75) is 51.6 Å². The number of hydrogen-bond acceptors (Lipinski definition) is 2. The lowest BCUT2D eigenvalue weighted by Crippen LogP contribution is -2.47. The average Bonchev–Trinajstić information content (AvgIpc) is 2.46. The van der Waals surface area contributed by atoms with Gasteiger partial charge in [0.1, 0.15) is 6.04 Å². The lowest BCUT2D eigenvalue weighted by Gasteiger charge is -2.36. The largest absolute Gasteiger partial charge is 0.338 e. The third kappa shape index (κ3) is 3.16. The number of piperidine rings is 1. The number of likely N-dealkylation sites (tertiary alicyclic amines) is 1. The van der Waals surface area contributed by atoms with E-state index >= 15 is 0 Å². The van der Waals surface area contributed by atoms with Crippen LogP contribution in [0, 0.1) is 6.92 Å². The van der Waals surface area contributed by atoms with Gasteiger partial charge in [0, 0.05) is 12.6 Å². The van der Waals surface area contributed by atoms with Crippen LogP contribution >= 0.6 is 0 Å². The molecule has 0 spiro atoms. The molecular weight excluding hydrogens is 236 g/mol. The molecule has 0 radical (unpaired) electrons. The quantitative estimate of drug-likeness (QED) is 0.908. The van der Waals surface area contributed by atoms with Crippen LogP contribution < -0.4 is 5.73 Å². The van der Waals surface area contributed by atoms with E-state index in [9.17, 15) is 4.79 Å². The molecule has 0 bridgehead atoms. The van der Waals surface area contributed by atoms with Crippen molar-refractivity contribution in [1.29, 1.82) is 0 Å². The molecule has 0 aromatic heterocycles. The summed E-state index contributed by atoms with van der Waals surface area (Å²) in [6.45, 7) is 5.04. The molecule has 3 nitrogen and oxygen atoms in total. The molecule has 1 fully saturated rings. The van der Waals surface area contributed by atoms with Crippen LogP contribution in [0.4, 0.5) is 0 Å². The first-order chi connectivity index (χ1) is 9.13. The Hall–Kier alpha value is -1.35. The number of nitrogens with two attached hydrogens (primary N) is 1. The fraction of sp³-hybridized carbons (Fsp3) is 0.562. The van der Waals surface area contributed by atoms with Gasteiger partial charge in [-0.1, -0.05) is 36.8 Å². The van der Waals surface area contributed by atoms with Crippen LogP contribution in [-0.2, 0) is 4.79 Å². The van der Waals surface area contributed by atoms with Crippen molar-refractivity contribution in [1.82, 2.24) is 4.90 Å². The maximum absolute atomic E-state index is 12.6. The Morgan fingerprint density at radius 3 is 2.68 bits per heavy atom. The molecular formula is C16H24N2O. The summed E-state index contributed by atoms with van der Waals surface area (Å²) in [6, 6.07) is 7.79. The number of aryl methyl sites for hydroxylation is 1. The van der Waals surface area contributed by atoms with Gasteiger partial charge in [0.2, 0.25) is 5.91 Å². The monoisotopic (exact) mass is 260 g/mol. The Morgan fingerprint density at radius 2 is 2.05 bits per heavy atom. The lowest BCUT2D eigenvalue weighted by atomic mass is 9.97. The van der Waals surface area contributed by atoms with Crippen LogP contribution in [0.5, 0.6) is 0 Å². The van der Waals surface area contributed by atoms with Crippen molar-refractivity contribution in [3.63, 3.8) is 0 Å². The van der Waals surface area contributed by atoms with Crippen LogP contribution in [0.2, 0.25) is 0 Å². The summed E-state index contributed by atoms with van der Waals surface area (Å²) >= 11 is 0. The lowest BCUT2D eigenvalue weighted by molar-refractivity contribution is -0.136. The molecule has 2 unspecified atom stereocenters. The topological polar surface area (TPSA) is 46.3 Å². The molecule has 1 aliphatic heterocycles. The molecule has 1 aliphatic rings. The van der Waals surface area contributed by atoms with Crippen molar-refractivity contribution in [2.24, 2.45) is 5.73 Å². The van der Waals surface area contributed by atoms with Gasteiger partial charge in [-0.05, 0) is 38.2 Å². The molecule has 104 valence electrons. The zero-order valence-corrected chi connectivity index (χ0v) is 11.9. The summed E-state index contributed by atoms with van der Waals surface area (Å²) in [5, 5.41) is 0. The maximum atomic E-state index is 12.6. The fourth-order valence-electron chi connectivity index (χ4n) is 2.81. The second-order valence-electron chi connectivity index (χ2n) is 5.48. The predicted molar refractivity (Wildman–Crippen MR) is 77.8 cm³/mol. The fourth-order valence-corrected chi connectivity index (χ4v) is 2.81. The summed E-state index contributed by atoms with van der Waals surface area (Å²) in [4.78, 5) is 14.5. The highest BCUT2D eigenvalue weighted by Crippen LogP contribution is 2.23. The first-order valence-electron chi connectivity index (χ1n) is 7.26. The molecule has 1 saturated heterocycles. The van der Waals surface area contributed by atoms with Crippen molar-refractivity contribution in [2.75, 3.05) is 6.54 Å². The second-order valence-corrected chi connectivity index (χ2v) is 5.48. The summed E-state index contributed by atoms with van der Waals surface area (Å²) in [6.07, 6.45) is 4.46. The van der Waals surface area contributed by atoms with Gasteiger partial charge >= 0.3 is 0 Å². The molecule has 1 aromatic carbocycles. The Bertz CT molecular complexity index is 427. The minimum absolute atomic E-state index is 0.0791. The van der Waals surface area contributed by atoms with Gasteiger partial charge in [-0.25, -0.2) is 0 Å². The Labute approximate surface area is 115 Å². The van der Waals surface area contributed by atoms with E-state index in [1.54, 1.807) is 0 Å². The highest BCUT2D eigenvalue weighted by molar-refractivity contribution is 5.83. The van der Waals surface area contributed by atoms with E-state index in [2.05, 4.69) is 6.92 Å². The van der Waals surface area contributed by atoms with E-state index in [-0.39, 0.29) is 5.91 Å². The minimum atomic E-state index is -0.521. The third-order valence-corrected chi connectivity index (χ3v) is 4.08. The van der Waals surface area contributed by atoms with E-state index in [1.807, 2.05) is 36.1 Å². The zero-order valence-electron chi connectivity index (χ0n) is 11.9. The van der Waals surface area contributed by atoms with E-state index in [1.165, 1.54) is 12.0 Å². The van der Waals surface area contributed by atoms with Gasteiger partial charge in [0.05, 0.1) is 0 Å². The molecule has 2 atom stereocenters. The summed E-state index contributed by atoms with van der Waals surface area (Å²) in [5.41, 5.74) is 8.25. The van der Waals surface area contributed by atoms with Crippen LogP contribution in [0.25, 0.3) is 0 Å². The van der Waals surface area contributed by atoms with Gasteiger partial charge in [-0.3, -0.25) is 4.79 Å². The molecule has 2 rings (SSSR count). The summed E-state index contributed by atoms with van der Waals surface area (Å²) < 4.78 is 0. The molecule has 0 saturated carbocycles. The van der Waals surface area contributed by atoms with Gasteiger partial charge in [-0.15, -0.1) is 0 Å². The Kier molecular flexibility index (Phi) is 4.59. The number of rotatable bonds is 3. The third-order valence-electron chi connectivity index (χ3n) is 4.08. The number of benzene rings is 1. The molecule has 1 amide bonds. The van der Waals surface area contributed by atoms with Crippen molar-refractivity contribution in [3.05, 3.63) is 35.4 Å². The van der Waals surface area contributed by atoms with Gasteiger partial charge in [0.15, 0.2) is 0 Å². The maximum Gasteiger partial charge on any atom is 0.244 e. The Morgan fingerprint density at radius 1 is 1.37 bits per heavy atom. The van der Waals surface area contributed by atoms with E-state index in [4.69, 9.17) is 5.73 Å². The van der Waals surface area contributed by atoms with E-state index in [0.29, 0.717) is 6.04 Å². The van der Waals surface area contributed by atoms with Gasteiger partial charge < -0.3 is 10.6 Å². The van der Waals surface area contributed by atoms with Crippen molar-refractivity contribution >= 4 is 5.91 Å². The van der Waals surface area contributed by atoms with Crippen LogP contribution in [0.15, 0.2) is 24.3 Å². The van der Waals surface area contributed by atoms with Gasteiger partial charge in [-0.2, -0.15) is 0 Å². The summed E-state index contributed by atoms with van der Waals surface area (Å²) in [5.74, 6) is 0.0791. The van der Waals surface area contributed by atoms with Crippen molar-refractivity contribution in [3.8, 4) is 0 Å². The van der Waals surface area contributed by atoms with Crippen molar-refractivity contribution < 1.29 is 4.79 Å². The second kappa shape index (κ2) is 6.20.